The van der Waals surface area contributed by atoms with Crippen molar-refractivity contribution >= 4 is 28.5 Å². The number of nitrogens with one attached hydrogen (secondary N) is 1. The molecule has 6 nitrogen and oxygen atoms in total. The number of anilines is 1. The first kappa shape index (κ1) is 14.6. The number of fused-ring (bicyclic) bond motifs is 1. The molecule has 1 aromatic heterocycles. The van der Waals surface area contributed by atoms with Crippen LogP contribution >= 0.6 is 0 Å². The molecule has 0 aliphatic heterocycles. The Morgan fingerprint density at radius 3 is 2.57 bits per heavy atom. The third-order valence-corrected chi connectivity index (χ3v) is 3.44. The van der Waals surface area contributed by atoms with Crippen LogP contribution in [0.5, 0.6) is 5.75 Å². The number of benzene rings is 2. The highest BCUT2D eigenvalue weighted by atomic mass is 16.4. The van der Waals surface area contributed by atoms with Gasteiger partial charge in [-0.05, 0) is 36.8 Å². The Morgan fingerprint density at radius 1 is 1.13 bits per heavy atom. The van der Waals surface area contributed by atoms with Crippen molar-refractivity contribution in [3.05, 3.63) is 59.4 Å². The Bertz CT molecular complexity index is 893. The summed E-state index contributed by atoms with van der Waals surface area (Å²) in [5.41, 5.74) is 0.934. The van der Waals surface area contributed by atoms with Gasteiger partial charge in [-0.3, -0.25) is 4.79 Å². The van der Waals surface area contributed by atoms with Crippen LogP contribution in [0.4, 0.5) is 5.69 Å². The summed E-state index contributed by atoms with van der Waals surface area (Å²) in [5, 5.41) is 22.2. The van der Waals surface area contributed by atoms with E-state index in [4.69, 9.17) is 9.52 Å². The van der Waals surface area contributed by atoms with E-state index < -0.39 is 11.9 Å². The second-order valence-corrected chi connectivity index (χ2v) is 5.10. The van der Waals surface area contributed by atoms with Crippen molar-refractivity contribution in [3.8, 4) is 5.75 Å². The number of hydrogen-bond donors (Lipinski definition) is 3. The standard InChI is InChI=1S/C17H13NO5/c1-9-6-11(8-12(15(9)19)17(21)22)18-16(20)14-7-10-4-2-3-5-13(10)23-14/h2-8,19H,1H3,(H,18,20)(H,21,22). The van der Waals surface area contributed by atoms with E-state index in [9.17, 15) is 14.7 Å². The van der Waals surface area contributed by atoms with Crippen molar-refractivity contribution in [1.29, 1.82) is 0 Å². The number of aryl methyl sites for hydroxylation is 1. The monoisotopic (exact) mass is 311 g/mol. The van der Waals surface area contributed by atoms with E-state index in [0.29, 0.717) is 11.1 Å². The summed E-state index contributed by atoms with van der Waals surface area (Å²) >= 11 is 0. The third kappa shape index (κ3) is 2.74. The predicted molar refractivity (Wildman–Crippen MR) is 84.0 cm³/mol. The van der Waals surface area contributed by atoms with Crippen LogP contribution in [-0.2, 0) is 0 Å². The molecule has 1 amide bonds. The molecule has 6 heteroatoms. The minimum Gasteiger partial charge on any atom is -0.507 e. The van der Waals surface area contributed by atoms with Gasteiger partial charge in [-0.1, -0.05) is 18.2 Å². The van der Waals surface area contributed by atoms with Crippen molar-refractivity contribution in [2.75, 3.05) is 5.32 Å². The molecule has 3 N–H and O–H groups in total. The Morgan fingerprint density at radius 2 is 1.87 bits per heavy atom. The highest BCUT2D eigenvalue weighted by Gasteiger charge is 2.17. The molecule has 0 aliphatic carbocycles. The van der Waals surface area contributed by atoms with Crippen LogP contribution in [-0.4, -0.2) is 22.1 Å². The van der Waals surface area contributed by atoms with Gasteiger partial charge in [0.15, 0.2) is 5.76 Å². The number of para-hydroxylation sites is 1. The third-order valence-electron chi connectivity index (χ3n) is 3.44. The number of aromatic hydroxyl groups is 1. The first-order chi connectivity index (χ1) is 11.0. The fraction of sp³-hybridized carbons (Fsp3) is 0.0588. The molecule has 1 heterocycles. The maximum Gasteiger partial charge on any atom is 0.339 e. The first-order valence-corrected chi connectivity index (χ1v) is 6.82. The van der Waals surface area contributed by atoms with Crippen molar-refractivity contribution < 1.29 is 24.2 Å². The molecule has 0 fully saturated rings. The van der Waals surface area contributed by atoms with E-state index in [0.717, 1.165) is 5.39 Å². The van der Waals surface area contributed by atoms with Gasteiger partial charge in [-0.2, -0.15) is 0 Å². The Balaban J connectivity index is 1.92. The van der Waals surface area contributed by atoms with Crippen LogP contribution < -0.4 is 5.32 Å². The van der Waals surface area contributed by atoms with E-state index >= 15 is 0 Å². The molecule has 3 aromatic rings. The van der Waals surface area contributed by atoms with Crippen molar-refractivity contribution in [2.24, 2.45) is 0 Å². The van der Waals surface area contributed by atoms with Crippen molar-refractivity contribution in [3.63, 3.8) is 0 Å². The minimum atomic E-state index is -1.27. The highest BCUT2D eigenvalue weighted by molar-refractivity contribution is 6.05. The highest BCUT2D eigenvalue weighted by Crippen LogP contribution is 2.27. The van der Waals surface area contributed by atoms with Crippen molar-refractivity contribution in [1.82, 2.24) is 0 Å². The fourth-order valence-corrected chi connectivity index (χ4v) is 2.30. The number of amides is 1. The van der Waals surface area contributed by atoms with Gasteiger partial charge < -0.3 is 19.9 Å². The van der Waals surface area contributed by atoms with E-state index in [1.807, 2.05) is 12.1 Å². The maximum absolute atomic E-state index is 12.2. The number of aromatic carboxylic acids is 1. The number of rotatable bonds is 3. The van der Waals surface area contributed by atoms with Gasteiger partial charge in [0.25, 0.3) is 5.91 Å². The zero-order valence-electron chi connectivity index (χ0n) is 12.2. The van der Waals surface area contributed by atoms with E-state index in [1.54, 1.807) is 25.1 Å². The lowest BCUT2D eigenvalue weighted by molar-refractivity contribution is 0.0693. The molecule has 0 radical (unpaired) electrons. The van der Waals surface area contributed by atoms with E-state index in [-0.39, 0.29) is 22.8 Å². The van der Waals surface area contributed by atoms with Crippen molar-refractivity contribution in [2.45, 2.75) is 6.92 Å². The molecule has 0 spiro atoms. The first-order valence-electron chi connectivity index (χ1n) is 6.82. The summed E-state index contributed by atoms with van der Waals surface area (Å²) in [6.45, 7) is 1.55. The molecule has 2 aromatic carbocycles. The molecule has 0 aliphatic rings. The molecule has 0 atom stereocenters. The summed E-state index contributed by atoms with van der Waals surface area (Å²) in [4.78, 5) is 23.4. The largest absolute Gasteiger partial charge is 0.507 e. The normalized spacial score (nSPS) is 10.7. The second-order valence-electron chi connectivity index (χ2n) is 5.10. The summed E-state index contributed by atoms with van der Waals surface area (Å²) in [7, 11) is 0. The zero-order valence-corrected chi connectivity index (χ0v) is 12.2. The Labute approximate surface area is 131 Å². The van der Waals surface area contributed by atoms with Gasteiger partial charge in [0.2, 0.25) is 0 Å². The number of carbonyl (C=O) groups is 2. The number of phenols is 1. The molecule has 0 unspecified atom stereocenters. The molecular formula is C17H13NO5. The average Bonchev–Trinajstić information content (AvgIpc) is 2.94. The molecule has 116 valence electrons. The molecular weight excluding hydrogens is 298 g/mol. The van der Waals surface area contributed by atoms with E-state index in [1.165, 1.54) is 12.1 Å². The molecule has 0 bridgehead atoms. The fourth-order valence-electron chi connectivity index (χ4n) is 2.30. The van der Waals surface area contributed by atoms with Crippen LogP contribution in [0.2, 0.25) is 0 Å². The topological polar surface area (TPSA) is 99.8 Å². The number of carboxylic acids is 1. The van der Waals surface area contributed by atoms with Gasteiger partial charge in [-0.25, -0.2) is 4.79 Å². The van der Waals surface area contributed by atoms with Crippen LogP contribution in [0.3, 0.4) is 0 Å². The lowest BCUT2D eigenvalue weighted by atomic mass is 10.1. The van der Waals surface area contributed by atoms with Crippen LogP contribution in [0.15, 0.2) is 46.9 Å². The SMILES string of the molecule is Cc1cc(NC(=O)c2cc3ccccc3o2)cc(C(=O)O)c1O. The number of carboxylic acid groups (broad SMARTS) is 1. The van der Waals surface area contributed by atoms with Gasteiger partial charge in [0.1, 0.15) is 16.9 Å². The van der Waals surface area contributed by atoms with E-state index in [2.05, 4.69) is 5.32 Å². The van der Waals surface area contributed by atoms with Gasteiger partial charge in [-0.15, -0.1) is 0 Å². The summed E-state index contributed by atoms with van der Waals surface area (Å²) in [6, 6.07) is 11.5. The molecule has 0 saturated carbocycles. The smallest absolute Gasteiger partial charge is 0.339 e. The van der Waals surface area contributed by atoms with Gasteiger partial charge in [0, 0.05) is 11.1 Å². The zero-order chi connectivity index (χ0) is 16.6. The Hall–Kier alpha value is -3.28. The number of hydrogen-bond acceptors (Lipinski definition) is 4. The number of furan rings is 1. The lowest BCUT2D eigenvalue weighted by Crippen LogP contribution is -2.12. The van der Waals surface area contributed by atoms with Crippen LogP contribution in [0.1, 0.15) is 26.5 Å². The van der Waals surface area contributed by atoms with Gasteiger partial charge >= 0.3 is 5.97 Å². The summed E-state index contributed by atoms with van der Waals surface area (Å²) in [5.74, 6) is -1.97. The van der Waals surface area contributed by atoms with Crippen LogP contribution in [0, 0.1) is 6.92 Å². The summed E-state index contributed by atoms with van der Waals surface area (Å²) in [6.07, 6.45) is 0. The lowest BCUT2D eigenvalue weighted by Gasteiger charge is -2.08. The molecule has 0 saturated heterocycles. The van der Waals surface area contributed by atoms with Crippen LogP contribution in [0.25, 0.3) is 11.0 Å². The maximum atomic E-state index is 12.2. The van der Waals surface area contributed by atoms with Gasteiger partial charge in [0.05, 0.1) is 0 Å². The predicted octanol–water partition coefficient (Wildman–Crippen LogP) is 3.40. The minimum absolute atomic E-state index is 0.119. The average molecular weight is 311 g/mol. The second kappa shape index (κ2) is 5.49. The molecule has 3 rings (SSSR count). The molecule has 23 heavy (non-hydrogen) atoms. The Kier molecular flexibility index (Phi) is 3.50. The summed E-state index contributed by atoms with van der Waals surface area (Å²) < 4.78 is 5.46. The quantitative estimate of drug-likeness (QED) is 0.644. The number of carbonyl (C=O) groups excluding carboxylic acids is 1.